The number of aliphatic imine (C=N–C) groups is 1. The molecule has 0 saturated carbocycles. The number of nitrogens with zero attached hydrogens (tertiary/aromatic N) is 1. The van der Waals surface area contributed by atoms with Crippen LogP contribution in [-0.2, 0) is 6.42 Å². The molecule has 1 aromatic rings. The van der Waals surface area contributed by atoms with E-state index in [9.17, 15) is 4.79 Å². The van der Waals surface area contributed by atoms with E-state index in [1.165, 1.54) is 0 Å². The van der Waals surface area contributed by atoms with E-state index in [0.717, 1.165) is 27.7 Å². The Kier molecular flexibility index (Phi) is 2.74. The fourth-order valence-electron chi connectivity index (χ4n) is 1.76. The molecule has 78 valence electrons. The van der Waals surface area contributed by atoms with Crippen LogP contribution in [0, 0.1) is 5.92 Å². The largest absolute Gasteiger partial charge is 0.293 e. The second-order valence-corrected chi connectivity index (χ2v) is 4.66. The average Bonchev–Trinajstić information content (AvgIpc) is 2.23. The summed E-state index contributed by atoms with van der Waals surface area (Å²) in [6, 6.07) is 3.89. The number of ketones is 1. The molecule has 15 heavy (non-hydrogen) atoms. The summed E-state index contributed by atoms with van der Waals surface area (Å²) in [7, 11) is 0. The third kappa shape index (κ3) is 1.76. The minimum absolute atomic E-state index is 0.100. The topological polar surface area (TPSA) is 29.4 Å². The van der Waals surface area contributed by atoms with Crippen molar-refractivity contribution in [3.05, 3.63) is 27.7 Å². The number of fused-ring (bicyclic) bond motifs is 1. The molecular weight excluding hydrogens is 254 g/mol. The number of hydrogen-bond donors (Lipinski definition) is 0. The Balaban J connectivity index is 2.66. The lowest BCUT2D eigenvalue weighted by Crippen LogP contribution is -2.17. The molecule has 1 atom stereocenters. The lowest BCUT2D eigenvalue weighted by molar-refractivity contribution is 0.0962. The number of Topliss-reactive ketones (excluding diaryl/α,β-unsaturated/α-hetero) is 1. The third-order valence-electron chi connectivity index (χ3n) is 2.64. The van der Waals surface area contributed by atoms with E-state index >= 15 is 0 Å². The Hall–Kier alpha value is -0.960. The van der Waals surface area contributed by atoms with Crippen molar-refractivity contribution in [1.82, 2.24) is 0 Å². The van der Waals surface area contributed by atoms with Crippen LogP contribution in [0.15, 0.2) is 21.6 Å². The maximum Gasteiger partial charge on any atom is 0.173 e. The van der Waals surface area contributed by atoms with Crippen molar-refractivity contribution in [2.24, 2.45) is 10.9 Å². The van der Waals surface area contributed by atoms with Crippen LogP contribution in [0.25, 0.3) is 0 Å². The van der Waals surface area contributed by atoms with Crippen LogP contribution < -0.4 is 0 Å². The third-order valence-corrected chi connectivity index (χ3v) is 3.10. The first kappa shape index (κ1) is 10.6. The highest BCUT2D eigenvalue weighted by Crippen LogP contribution is 2.33. The van der Waals surface area contributed by atoms with Gasteiger partial charge in [-0.3, -0.25) is 9.79 Å². The first-order chi connectivity index (χ1) is 7.13. The van der Waals surface area contributed by atoms with Crippen LogP contribution in [0.2, 0.25) is 0 Å². The molecule has 0 aliphatic carbocycles. The molecule has 1 aliphatic rings. The molecule has 1 heterocycles. The Morgan fingerprint density at radius 1 is 1.47 bits per heavy atom. The highest BCUT2D eigenvalue weighted by atomic mass is 79.9. The van der Waals surface area contributed by atoms with Crippen molar-refractivity contribution < 1.29 is 4.79 Å². The van der Waals surface area contributed by atoms with Gasteiger partial charge in [-0.05, 0) is 24.1 Å². The van der Waals surface area contributed by atoms with Gasteiger partial charge in [-0.15, -0.1) is 0 Å². The van der Waals surface area contributed by atoms with Crippen molar-refractivity contribution in [2.75, 3.05) is 0 Å². The van der Waals surface area contributed by atoms with Gasteiger partial charge in [0.25, 0.3) is 0 Å². The van der Waals surface area contributed by atoms with Gasteiger partial charge < -0.3 is 0 Å². The summed E-state index contributed by atoms with van der Waals surface area (Å²) in [5.74, 6) is 0.0625. The standard InChI is InChI=1S/C12H12BrNO/c1-3-8-4-9(13)5-10-11(8)14-6-7(2)12(10)15/h4-7H,3H2,1-2H3. The summed E-state index contributed by atoms with van der Waals surface area (Å²) in [6.07, 6.45) is 2.62. The SMILES string of the molecule is CCc1cc(Br)cc2c1N=CC(C)C2=O. The normalized spacial score (nSPS) is 19.1. The molecule has 0 N–H and O–H groups in total. The molecule has 1 aliphatic heterocycles. The maximum atomic E-state index is 11.9. The quantitative estimate of drug-likeness (QED) is 0.764. The van der Waals surface area contributed by atoms with E-state index in [4.69, 9.17) is 0 Å². The minimum Gasteiger partial charge on any atom is -0.293 e. The number of aryl methyl sites for hydroxylation is 1. The fraction of sp³-hybridized carbons (Fsp3) is 0.333. The summed E-state index contributed by atoms with van der Waals surface area (Å²) in [4.78, 5) is 16.3. The molecule has 0 aromatic heterocycles. The van der Waals surface area contributed by atoms with Crippen LogP contribution >= 0.6 is 15.9 Å². The van der Waals surface area contributed by atoms with E-state index in [1.807, 2.05) is 19.1 Å². The van der Waals surface area contributed by atoms with Gasteiger partial charge in [0.2, 0.25) is 0 Å². The van der Waals surface area contributed by atoms with E-state index in [2.05, 4.69) is 27.8 Å². The molecule has 2 rings (SSSR count). The zero-order valence-corrected chi connectivity index (χ0v) is 10.3. The molecule has 0 amide bonds. The van der Waals surface area contributed by atoms with Crippen molar-refractivity contribution in [3.63, 3.8) is 0 Å². The number of rotatable bonds is 1. The van der Waals surface area contributed by atoms with Crippen molar-refractivity contribution in [2.45, 2.75) is 20.3 Å². The second kappa shape index (κ2) is 3.89. The summed E-state index contributed by atoms with van der Waals surface area (Å²) in [5.41, 5.74) is 2.72. The summed E-state index contributed by atoms with van der Waals surface area (Å²) < 4.78 is 0.954. The van der Waals surface area contributed by atoms with Crippen molar-refractivity contribution in [1.29, 1.82) is 0 Å². The molecule has 1 unspecified atom stereocenters. The van der Waals surface area contributed by atoms with E-state index < -0.39 is 0 Å². The molecule has 0 saturated heterocycles. The lowest BCUT2D eigenvalue weighted by Gasteiger charge is -2.16. The van der Waals surface area contributed by atoms with Crippen molar-refractivity contribution >= 4 is 33.6 Å². The number of carbonyl (C=O) groups is 1. The van der Waals surface area contributed by atoms with E-state index in [0.29, 0.717) is 0 Å². The fourth-order valence-corrected chi connectivity index (χ4v) is 2.27. The van der Waals surface area contributed by atoms with Crippen molar-refractivity contribution in [3.8, 4) is 0 Å². The number of benzene rings is 1. The molecule has 2 nitrogen and oxygen atoms in total. The smallest absolute Gasteiger partial charge is 0.173 e. The molecule has 0 fully saturated rings. The highest BCUT2D eigenvalue weighted by Gasteiger charge is 2.23. The summed E-state index contributed by atoms with van der Waals surface area (Å²) in [6.45, 7) is 3.95. The number of halogens is 1. The monoisotopic (exact) mass is 265 g/mol. The van der Waals surface area contributed by atoms with Crippen LogP contribution in [0.5, 0.6) is 0 Å². The van der Waals surface area contributed by atoms with E-state index in [1.54, 1.807) is 6.21 Å². The molecule has 0 radical (unpaired) electrons. The first-order valence-electron chi connectivity index (χ1n) is 5.04. The van der Waals surface area contributed by atoms with Gasteiger partial charge in [0.1, 0.15) is 0 Å². The predicted octanol–water partition coefficient (Wildman–Crippen LogP) is 3.55. The lowest BCUT2D eigenvalue weighted by atomic mass is 9.93. The Morgan fingerprint density at radius 2 is 2.20 bits per heavy atom. The van der Waals surface area contributed by atoms with Crippen LogP contribution in [0.3, 0.4) is 0 Å². The zero-order valence-electron chi connectivity index (χ0n) is 8.75. The molecule has 1 aromatic carbocycles. The zero-order chi connectivity index (χ0) is 11.0. The van der Waals surface area contributed by atoms with Gasteiger partial charge in [0.05, 0.1) is 11.6 Å². The van der Waals surface area contributed by atoms with Gasteiger partial charge in [-0.2, -0.15) is 0 Å². The van der Waals surface area contributed by atoms with Gasteiger partial charge in [0, 0.05) is 16.3 Å². The second-order valence-electron chi connectivity index (χ2n) is 3.75. The number of carbonyl (C=O) groups excluding carboxylic acids is 1. The molecule has 0 bridgehead atoms. The van der Waals surface area contributed by atoms with Gasteiger partial charge in [0.15, 0.2) is 5.78 Å². The molecular formula is C12H12BrNO. The number of hydrogen-bond acceptors (Lipinski definition) is 2. The molecule has 0 spiro atoms. The summed E-state index contributed by atoms with van der Waals surface area (Å²) >= 11 is 3.43. The maximum absolute atomic E-state index is 11.9. The van der Waals surface area contributed by atoms with Crippen LogP contribution in [0.1, 0.15) is 29.8 Å². The predicted molar refractivity (Wildman–Crippen MR) is 65.2 cm³/mol. The Labute approximate surface area is 97.5 Å². The summed E-state index contributed by atoms with van der Waals surface area (Å²) in [5, 5.41) is 0. The first-order valence-corrected chi connectivity index (χ1v) is 5.83. The Bertz CT molecular complexity index is 451. The highest BCUT2D eigenvalue weighted by molar-refractivity contribution is 9.10. The molecule has 3 heteroatoms. The Morgan fingerprint density at radius 3 is 2.87 bits per heavy atom. The van der Waals surface area contributed by atoms with Gasteiger partial charge in [-0.1, -0.05) is 29.8 Å². The average molecular weight is 266 g/mol. The van der Waals surface area contributed by atoms with Crippen LogP contribution in [0.4, 0.5) is 5.69 Å². The van der Waals surface area contributed by atoms with E-state index in [-0.39, 0.29) is 11.7 Å². The minimum atomic E-state index is -0.100. The van der Waals surface area contributed by atoms with Crippen LogP contribution in [-0.4, -0.2) is 12.0 Å². The van der Waals surface area contributed by atoms with Gasteiger partial charge in [-0.25, -0.2) is 0 Å². The van der Waals surface area contributed by atoms with Gasteiger partial charge >= 0.3 is 0 Å².